The number of hydrogen-bond acceptors (Lipinski definition) is 1. The minimum Gasteiger partial charge on any atom is -0.385 e. The number of hydrogen-bond donors (Lipinski definition) is 1. The monoisotopic (exact) mass is 205 g/mol. The molecule has 0 aliphatic heterocycles. The first-order valence-electron chi connectivity index (χ1n) is 3.82. The highest BCUT2D eigenvalue weighted by Crippen LogP contribution is 2.14. The summed E-state index contributed by atoms with van der Waals surface area (Å²) >= 11 is 5.78. The van der Waals surface area contributed by atoms with Gasteiger partial charge in [-0.25, -0.2) is 0 Å². The summed E-state index contributed by atoms with van der Waals surface area (Å²) in [5.41, 5.74) is 1.10. The van der Waals surface area contributed by atoms with Gasteiger partial charge in [0, 0.05) is 17.3 Å². The van der Waals surface area contributed by atoms with E-state index in [1.54, 1.807) is 0 Å². The molecule has 0 atom stereocenters. The normalized spacial score (nSPS) is 8.83. The zero-order valence-corrected chi connectivity index (χ0v) is 8.58. The molecule has 68 valence electrons. The second kappa shape index (κ2) is 6.15. The second-order valence-electron chi connectivity index (χ2n) is 2.44. The lowest BCUT2D eigenvalue weighted by Crippen LogP contribution is -1.98. The molecule has 1 aromatic carbocycles. The summed E-state index contributed by atoms with van der Waals surface area (Å²) in [5, 5.41) is 4.03. The average molecular weight is 206 g/mol. The molecule has 0 unspecified atom stereocenters. The zero-order valence-electron chi connectivity index (χ0n) is 7.01. The highest BCUT2D eigenvalue weighted by Gasteiger charge is 1.90. The van der Waals surface area contributed by atoms with Crippen LogP contribution < -0.4 is 5.32 Å². The van der Waals surface area contributed by atoms with Crippen LogP contribution in [0, 0.1) is 0 Å². The lowest BCUT2D eigenvalue weighted by atomic mass is 10.3. The Labute approximate surface area is 84.5 Å². The van der Waals surface area contributed by atoms with Crippen LogP contribution in [0.15, 0.2) is 24.3 Å². The molecule has 0 saturated carbocycles. The maximum Gasteiger partial charge on any atom is 0.0426 e. The molecule has 1 N–H and O–H groups in total. The Morgan fingerprint density at radius 3 is 2.75 bits per heavy atom. The lowest BCUT2D eigenvalue weighted by molar-refractivity contribution is 0.980. The van der Waals surface area contributed by atoms with E-state index < -0.39 is 0 Å². The molecule has 0 fully saturated rings. The van der Waals surface area contributed by atoms with E-state index in [0.29, 0.717) is 0 Å². The Bertz CT molecular complexity index is 226. The first-order chi connectivity index (χ1) is 5.33. The van der Waals surface area contributed by atoms with Crippen LogP contribution in [0.4, 0.5) is 5.69 Å². The fourth-order valence-electron chi connectivity index (χ4n) is 0.868. The van der Waals surface area contributed by atoms with Crippen LogP contribution in [0.25, 0.3) is 0 Å². The van der Waals surface area contributed by atoms with Gasteiger partial charge in [-0.2, -0.15) is 0 Å². The highest BCUT2D eigenvalue weighted by atomic mass is 35.5. The van der Waals surface area contributed by atoms with Crippen LogP contribution in [0.2, 0.25) is 5.02 Å². The zero-order chi connectivity index (χ0) is 8.10. The molecule has 0 amide bonds. The summed E-state index contributed by atoms with van der Waals surface area (Å²) in [6.07, 6.45) is 1.13. The third-order valence-electron chi connectivity index (χ3n) is 1.40. The number of nitrogens with one attached hydrogen (secondary N) is 1. The van der Waals surface area contributed by atoms with Gasteiger partial charge in [0.25, 0.3) is 0 Å². The molecule has 1 nitrogen and oxygen atoms in total. The molecule has 0 aliphatic carbocycles. The van der Waals surface area contributed by atoms with Crippen molar-refractivity contribution in [2.75, 3.05) is 11.9 Å². The summed E-state index contributed by atoms with van der Waals surface area (Å²) in [7, 11) is 0. The molecular weight excluding hydrogens is 193 g/mol. The van der Waals surface area contributed by atoms with E-state index in [2.05, 4.69) is 12.2 Å². The maximum absolute atomic E-state index is 5.78. The van der Waals surface area contributed by atoms with Gasteiger partial charge < -0.3 is 5.32 Å². The summed E-state index contributed by atoms with van der Waals surface area (Å²) < 4.78 is 0. The fourth-order valence-corrected chi connectivity index (χ4v) is 1.06. The SMILES string of the molecule is CCCNc1cccc(Cl)c1.Cl. The van der Waals surface area contributed by atoms with E-state index in [0.717, 1.165) is 23.7 Å². The van der Waals surface area contributed by atoms with Crippen LogP contribution in [0.5, 0.6) is 0 Å². The molecule has 12 heavy (non-hydrogen) atoms. The van der Waals surface area contributed by atoms with Gasteiger partial charge in [-0.1, -0.05) is 24.6 Å². The predicted octanol–water partition coefficient (Wildman–Crippen LogP) is 3.58. The molecular formula is C9H13Cl2N. The number of anilines is 1. The molecule has 0 heterocycles. The van der Waals surface area contributed by atoms with Crippen molar-refractivity contribution in [2.24, 2.45) is 0 Å². The van der Waals surface area contributed by atoms with Crippen molar-refractivity contribution < 1.29 is 0 Å². The van der Waals surface area contributed by atoms with Crippen molar-refractivity contribution in [1.29, 1.82) is 0 Å². The Balaban J connectivity index is 0.00000121. The van der Waals surface area contributed by atoms with Crippen LogP contribution in [0.3, 0.4) is 0 Å². The van der Waals surface area contributed by atoms with Gasteiger partial charge in [0.2, 0.25) is 0 Å². The van der Waals surface area contributed by atoms with Crippen LogP contribution >= 0.6 is 24.0 Å². The van der Waals surface area contributed by atoms with Crippen LogP contribution in [-0.4, -0.2) is 6.54 Å². The molecule has 0 bridgehead atoms. The van der Waals surface area contributed by atoms with E-state index in [4.69, 9.17) is 11.6 Å². The molecule has 1 rings (SSSR count). The van der Waals surface area contributed by atoms with E-state index in [1.165, 1.54) is 0 Å². The molecule has 0 radical (unpaired) electrons. The molecule has 0 aromatic heterocycles. The van der Waals surface area contributed by atoms with Crippen molar-refractivity contribution in [3.63, 3.8) is 0 Å². The smallest absolute Gasteiger partial charge is 0.0426 e. The molecule has 0 aliphatic rings. The van der Waals surface area contributed by atoms with Crippen molar-refractivity contribution in [1.82, 2.24) is 0 Å². The van der Waals surface area contributed by atoms with Crippen LogP contribution in [-0.2, 0) is 0 Å². The number of benzene rings is 1. The van der Waals surface area contributed by atoms with Crippen molar-refractivity contribution in [3.8, 4) is 0 Å². The van der Waals surface area contributed by atoms with Gasteiger partial charge in [-0.15, -0.1) is 12.4 Å². The maximum atomic E-state index is 5.78. The van der Waals surface area contributed by atoms with Crippen LogP contribution in [0.1, 0.15) is 13.3 Å². The summed E-state index contributed by atoms with van der Waals surface area (Å²) in [6, 6.07) is 7.76. The van der Waals surface area contributed by atoms with Gasteiger partial charge in [0.1, 0.15) is 0 Å². The minimum absolute atomic E-state index is 0. The lowest BCUT2D eigenvalue weighted by Gasteiger charge is -2.03. The molecule has 1 aromatic rings. The number of halogens is 2. The Kier molecular flexibility index (Phi) is 5.95. The van der Waals surface area contributed by atoms with Crippen molar-refractivity contribution in [3.05, 3.63) is 29.3 Å². The standard InChI is InChI=1S/C9H12ClN.ClH/c1-2-6-11-9-5-3-4-8(10)7-9;/h3-5,7,11H,2,6H2,1H3;1H. The van der Waals surface area contributed by atoms with Crippen molar-refractivity contribution >= 4 is 29.7 Å². The van der Waals surface area contributed by atoms with E-state index in [9.17, 15) is 0 Å². The third-order valence-corrected chi connectivity index (χ3v) is 1.64. The third kappa shape index (κ3) is 3.84. The number of rotatable bonds is 3. The highest BCUT2D eigenvalue weighted by molar-refractivity contribution is 6.30. The van der Waals surface area contributed by atoms with Gasteiger partial charge in [-0.05, 0) is 24.6 Å². The average Bonchev–Trinajstić information content (AvgIpc) is 2.01. The second-order valence-corrected chi connectivity index (χ2v) is 2.87. The quantitative estimate of drug-likeness (QED) is 0.796. The Morgan fingerprint density at radius 2 is 2.17 bits per heavy atom. The largest absolute Gasteiger partial charge is 0.385 e. The first kappa shape index (κ1) is 11.6. The summed E-state index contributed by atoms with van der Waals surface area (Å²) in [5.74, 6) is 0. The Hall–Kier alpha value is -0.400. The first-order valence-corrected chi connectivity index (χ1v) is 4.20. The minimum atomic E-state index is 0. The molecule has 0 spiro atoms. The fraction of sp³-hybridized carbons (Fsp3) is 0.333. The van der Waals surface area contributed by atoms with Gasteiger partial charge in [0.15, 0.2) is 0 Å². The van der Waals surface area contributed by atoms with Gasteiger partial charge >= 0.3 is 0 Å². The van der Waals surface area contributed by atoms with Crippen molar-refractivity contribution in [2.45, 2.75) is 13.3 Å². The topological polar surface area (TPSA) is 12.0 Å². The van der Waals surface area contributed by atoms with E-state index in [1.807, 2.05) is 24.3 Å². The van der Waals surface area contributed by atoms with Gasteiger partial charge in [-0.3, -0.25) is 0 Å². The van der Waals surface area contributed by atoms with E-state index >= 15 is 0 Å². The van der Waals surface area contributed by atoms with Gasteiger partial charge in [0.05, 0.1) is 0 Å². The molecule has 3 heteroatoms. The predicted molar refractivity (Wildman–Crippen MR) is 57.5 cm³/mol. The Morgan fingerprint density at radius 1 is 1.42 bits per heavy atom. The molecule has 0 saturated heterocycles. The van der Waals surface area contributed by atoms with E-state index in [-0.39, 0.29) is 12.4 Å². The summed E-state index contributed by atoms with van der Waals surface area (Å²) in [6.45, 7) is 3.14. The summed E-state index contributed by atoms with van der Waals surface area (Å²) in [4.78, 5) is 0.